The van der Waals surface area contributed by atoms with Gasteiger partial charge in [0.2, 0.25) is 0 Å². The molecular formula is C12H12ClN5O2. The van der Waals surface area contributed by atoms with Gasteiger partial charge < -0.3 is 4.74 Å². The van der Waals surface area contributed by atoms with E-state index in [9.17, 15) is 4.79 Å². The van der Waals surface area contributed by atoms with Crippen molar-refractivity contribution in [3.8, 4) is 5.75 Å². The number of nitrogens with zero attached hydrogens (tertiary/aromatic N) is 4. The fourth-order valence-corrected chi connectivity index (χ4v) is 1.68. The zero-order valence-corrected chi connectivity index (χ0v) is 11.5. The van der Waals surface area contributed by atoms with E-state index in [2.05, 4.69) is 27.3 Å². The summed E-state index contributed by atoms with van der Waals surface area (Å²) in [7, 11) is 0. The predicted molar refractivity (Wildman–Crippen MR) is 74.8 cm³/mol. The third-order valence-corrected chi connectivity index (χ3v) is 2.61. The van der Waals surface area contributed by atoms with E-state index in [0.717, 1.165) is 4.80 Å². The van der Waals surface area contributed by atoms with Crippen molar-refractivity contribution in [3.05, 3.63) is 35.4 Å². The van der Waals surface area contributed by atoms with E-state index in [-0.39, 0.29) is 5.95 Å². The fraction of sp³-hybridized carbons (Fsp3) is 0.167. The van der Waals surface area contributed by atoms with Crippen molar-refractivity contribution in [2.75, 3.05) is 11.9 Å². The van der Waals surface area contributed by atoms with Crippen LogP contribution < -0.4 is 10.1 Å². The average molecular weight is 294 g/mol. The molecule has 2 rings (SSSR count). The van der Waals surface area contributed by atoms with Crippen molar-refractivity contribution in [3.63, 3.8) is 0 Å². The lowest BCUT2D eigenvalue weighted by molar-refractivity contribution is 0.102. The van der Waals surface area contributed by atoms with Gasteiger partial charge >= 0.3 is 0 Å². The van der Waals surface area contributed by atoms with E-state index in [1.54, 1.807) is 12.1 Å². The Morgan fingerprint density at radius 1 is 1.60 bits per heavy atom. The fourth-order valence-electron chi connectivity index (χ4n) is 1.44. The van der Waals surface area contributed by atoms with Crippen molar-refractivity contribution in [1.82, 2.24) is 20.2 Å². The number of aromatic nitrogens is 4. The first-order valence-electron chi connectivity index (χ1n) is 5.79. The van der Waals surface area contributed by atoms with E-state index in [0.29, 0.717) is 22.9 Å². The number of tetrazole rings is 1. The average Bonchev–Trinajstić information content (AvgIpc) is 2.89. The number of nitrogens with one attached hydrogen (secondary N) is 1. The highest BCUT2D eigenvalue weighted by molar-refractivity contribution is 6.32. The van der Waals surface area contributed by atoms with Gasteiger partial charge in [0.15, 0.2) is 0 Å². The van der Waals surface area contributed by atoms with E-state index in [1.807, 2.05) is 6.92 Å². The van der Waals surface area contributed by atoms with Gasteiger partial charge in [0, 0.05) is 11.8 Å². The van der Waals surface area contributed by atoms with Crippen LogP contribution in [0.25, 0.3) is 6.20 Å². The van der Waals surface area contributed by atoms with Gasteiger partial charge in [0.1, 0.15) is 5.75 Å². The number of benzene rings is 1. The van der Waals surface area contributed by atoms with E-state index >= 15 is 0 Å². The number of halogens is 1. The second-order valence-electron chi connectivity index (χ2n) is 3.65. The summed E-state index contributed by atoms with van der Waals surface area (Å²) in [6, 6.07) is 4.75. The largest absolute Gasteiger partial charge is 0.492 e. The Hall–Kier alpha value is -2.41. The lowest BCUT2D eigenvalue weighted by atomic mass is 10.2. The maximum Gasteiger partial charge on any atom is 0.270 e. The highest BCUT2D eigenvalue weighted by Crippen LogP contribution is 2.25. The lowest BCUT2D eigenvalue weighted by Gasteiger charge is -2.07. The summed E-state index contributed by atoms with van der Waals surface area (Å²) >= 11 is 6.02. The quantitative estimate of drug-likeness (QED) is 0.912. The summed E-state index contributed by atoms with van der Waals surface area (Å²) in [6.45, 7) is 5.83. The molecule has 2 aromatic rings. The minimum absolute atomic E-state index is 0.0832. The maximum atomic E-state index is 12.0. The van der Waals surface area contributed by atoms with Gasteiger partial charge in [0.05, 0.1) is 11.6 Å². The van der Waals surface area contributed by atoms with Gasteiger partial charge in [-0.1, -0.05) is 23.3 Å². The van der Waals surface area contributed by atoms with E-state index < -0.39 is 5.91 Å². The molecule has 0 bridgehead atoms. The number of carbonyl (C=O) groups excluding carboxylic acids is 1. The Bertz CT molecular complexity index is 641. The molecule has 0 saturated carbocycles. The zero-order valence-electron chi connectivity index (χ0n) is 10.7. The molecule has 1 amide bonds. The third kappa shape index (κ3) is 3.12. The molecule has 0 aliphatic rings. The molecule has 1 aromatic carbocycles. The molecule has 0 unspecified atom stereocenters. The Kier molecular flexibility index (Phi) is 4.31. The molecule has 0 saturated heterocycles. The molecule has 0 spiro atoms. The third-order valence-electron chi connectivity index (χ3n) is 2.31. The van der Waals surface area contributed by atoms with Crippen LogP contribution in [0.2, 0.25) is 5.02 Å². The molecule has 1 aromatic heterocycles. The molecule has 104 valence electrons. The number of rotatable bonds is 5. The first-order chi connectivity index (χ1) is 9.63. The molecule has 0 aliphatic heterocycles. The molecule has 7 nitrogen and oxygen atoms in total. The van der Waals surface area contributed by atoms with Crippen LogP contribution >= 0.6 is 11.6 Å². The number of hydrogen-bond acceptors (Lipinski definition) is 5. The molecule has 20 heavy (non-hydrogen) atoms. The summed E-state index contributed by atoms with van der Waals surface area (Å²) in [4.78, 5) is 13.1. The maximum absolute atomic E-state index is 12.0. The zero-order chi connectivity index (χ0) is 14.5. The smallest absolute Gasteiger partial charge is 0.270 e. The molecule has 0 aliphatic carbocycles. The summed E-state index contributed by atoms with van der Waals surface area (Å²) in [6.07, 6.45) is 1.36. The summed E-state index contributed by atoms with van der Waals surface area (Å²) in [5.74, 6) is 0.222. The van der Waals surface area contributed by atoms with Crippen molar-refractivity contribution >= 4 is 29.7 Å². The van der Waals surface area contributed by atoms with Crippen LogP contribution in [0.4, 0.5) is 5.95 Å². The number of ether oxygens (including phenoxy) is 1. The van der Waals surface area contributed by atoms with Gasteiger partial charge in [-0.05, 0) is 30.3 Å². The van der Waals surface area contributed by atoms with E-state index in [1.165, 1.54) is 12.3 Å². The SMILES string of the molecule is C=Cn1nnc(NC(=O)c2ccc(OCC)c(Cl)c2)n1. The Morgan fingerprint density at radius 2 is 2.40 bits per heavy atom. The predicted octanol–water partition coefficient (Wildman–Crippen LogP) is 2.08. The highest BCUT2D eigenvalue weighted by atomic mass is 35.5. The summed E-state index contributed by atoms with van der Waals surface area (Å²) in [5.41, 5.74) is 0.369. The van der Waals surface area contributed by atoms with Crippen LogP contribution in [0.15, 0.2) is 24.8 Å². The first kappa shape index (κ1) is 14.0. The Balaban J connectivity index is 2.12. The standard InChI is InChI=1S/C12H12ClN5O2/c1-3-18-16-12(15-17-18)14-11(19)8-5-6-10(20-4-2)9(13)7-8/h3,5-7H,1,4H2,2H3,(H,14,16,19). The summed E-state index contributed by atoms with van der Waals surface area (Å²) in [5, 5.41) is 14.0. The van der Waals surface area contributed by atoms with E-state index in [4.69, 9.17) is 16.3 Å². The monoisotopic (exact) mass is 293 g/mol. The normalized spacial score (nSPS) is 10.1. The van der Waals surface area contributed by atoms with Gasteiger partial charge in [0.25, 0.3) is 11.9 Å². The van der Waals surface area contributed by atoms with Crippen LogP contribution in [0.1, 0.15) is 17.3 Å². The van der Waals surface area contributed by atoms with Crippen molar-refractivity contribution in [2.45, 2.75) is 6.92 Å². The second kappa shape index (κ2) is 6.16. The first-order valence-corrected chi connectivity index (χ1v) is 6.17. The van der Waals surface area contributed by atoms with Crippen molar-refractivity contribution in [2.24, 2.45) is 0 Å². The minimum atomic E-state index is -0.390. The van der Waals surface area contributed by atoms with Crippen LogP contribution in [-0.2, 0) is 0 Å². The lowest BCUT2D eigenvalue weighted by Crippen LogP contribution is -2.13. The number of carbonyl (C=O) groups is 1. The molecule has 8 heteroatoms. The number of hydrogen-bond donors (Lipinski definition) is 1. The topological polar surface area (TPSA) is 81.9 Å². The minimum Gasteiger partial charge on any atom is -0.492 e. The molecule has 0 fully saturated rings. The Labute approximate surface area is 120 Å². The second-order valence-corrected chi connectivity index (χ2v) is 4.06. The molecule has 1 N–H and O–H groups in total. The van der Waals surface area contributed by atoms with Crippen LogP contribution in [-0.4, -0.2) is 32.7 Å². The molecule has 0 radical (unpaired) electrons. The van der Waals surface area contributed by atoms with Gasteiger partial charge in [-0.15, -0.1) is 9.90 Å². The van der Waals surface area contributed by atoms with Crippen LogP contribution in [0.3, 0.4) is 0 Å². The highest BCUT2D eigenvalue weighted by Gasteiger charge is 2.12. The van der Waals surface area contributed by atoms with Crippen LogP contribution in [0, 0.1) is 0 Å². The van der Waals surface area contributed by atoms with Gasteiger partial charge in [-0.2, -0.15) is 0 Å². The van der Waals surface area contributed by atoms with Crippen LogP contribution in [0.5, 0.6) is 5.75 Å². The summed E-state index contributed by atoms with van der Waals surface area (Å²) < 4.78 is 5.29. The number of anilines is 1. The molecule has 1 heterocycles. The van der Waals surface area contributed by atoms with Gasteiger partial charge in [-0.3, -0.25) is 10.1 Å². The molecular weight excluding hydrogens is 282 g/mol. The van der Waals surface area contributed by atoms with Gasteiger partial charge in [-0.25, -0.2) is 0 Å². The van der Waals surface area contributed by atoms with Crippen molar-refractivity contribution < 1.29 is 9.53 Å². The number of amides is 1. The molecule has 0 atom stereocenters. The Morgan fingerprint density at radius 3 is 3.00 bits per heavy atom. The van der Waals surface area contributed by atoms with Crippen molar-refractivity contribution in [1.29, 1.82) is 0 Å².